The summed E-state index contributed by atoms with van der Waals surface area (Å²) >= 11 is 0. The summed E-state index contributed by atoms with van der Waals surface area (Å²) < 4.78 is 192. The summed E-state index contributed by atoms with van der Waals surface area (Å²) in [6, 6.07) is 6.12. The van der Waals surface area contributed by atoms with Gasteiger partial charge in [-0.25, -0.2) is 4.99 Å². The summed E-state index contributed by atoms with van der Waals surface area (Å²) in [5.41, 5.74) is -0.566. The van der Waals surface area contributed by atoms with Gasteiger partial charge in [0, 0.05) is 27.1 Å². The maximum absolute atomic E-state index is 10.2. The van der Waals surface area contributed by atoms with Crippen LogP contribution in [0.2, 0.25) is 0 Å². The van der Waals surface area contributed by atoms with Gasteiger partial charge in [-0.15, -0.1) is 0 Å². The number of hydrogen-bond acceptors (Lipinski definition) is 1. The van der Waals surface area contributed by atoms with Crippen molar-refractivity contribution in [2.45, 2.75) is 0 Å². The predicted octanol–water partition coefficient (Wildman–Crippen LogP) is 9.09. The van der Waals surface area contributed by atoms with E-state index in [-0.39, 0.29) is 43.9 Å². The summed E-state index contributed by atoms with van der Waals surface area (Å²) in [5.74, 6) is -1.64. The molecule has 0 bridgehead atoms. The average molecular weight is 769 g/mol. The molecule has 2 heterocycles. The largest absolute Gasteiger partial charge is 0.300 e. The number of aliphatic imine (C=N–C) groups is 2. The third-order valence-corrected chi connectivity index (χ3v) is 13.9. The number of nitrogens with zero attached hydrogens (tertiary/aromatic N) is 4. The summed E-state index contributed by atoms with van der Waals surface area (Å²) in [6.45, 7) is 0. The number of benzene rings is 8. The van der Waals surface area contributed by atoms with Crippen LogP contribution in [0.4, 0.5) is 0 Å². The van der Waals surface area contributed by atoms with Gasteiger partial charge >= 0.3 is 0 Å². The van der Waals surface area contributed by atoms with Gasteiger partial charge in [0.15, 0.2) is 13.9 Å². The van der Waals surface area contributed by atoms with Crippen LogP contribution >= 0.6 is 0 Å². The molecule has 0 saturated carbocycles. The molecule has 8 aromatic carbocycles. The Morgan fingerprint density at radius 3 is 1.88 bits per heavy atom. The first-order chi connectivity index (χ1) is 36.9. The Bertz CT molecular complexity index is 4350. The first-order valence-corrected chi connectivity index (χ1v) is 19.4. The third kappa shape index (κ3) is 5.74. The molecule has 270 valence electrons. The van der Waals surface area contributed by atoms with E-state index in [1.165, 1.54) is 39.5 Å². The molecule has 1 unspecified atom stereocenters. The van der Waals surface area contributed by atoms with Gasteiger partial charge in [-0.3, -0.25) is 14.5 Å². The summed E-state index contributed by atoms with van der Waals surface area (Å²) in [7, 11) is -5.26. The molecule has 6 heteroatoms. The minimum atomic E-state index is -5.26. The van der Waals surface area contributed by atoms with Crippen LogP contribution in [0.1, 0.15) is 34.3 Å². The van der Waals surface area contributed by atoms with Crippen molar-refractivity contribution in [3.8, 4) is 0 Å². The van der Waals surface area contributed by atoms with Crippen LogP contribution < -0.4 is 20.7 Å². The molecule has 2 aromatic heterocycles. The fourth-order valence-electron chi connectivity index (χ4n) is 7.19. The first kappa shape index (κ1) is 18.5. The van der Waals surface area contributed by atoms with Gasteiger partial charge in [-0.05, 0) is 45.0 Å². The molecule has 0 spiro atoms. The number of rotatable bonds is 6. The molecule has 0 amide bonds. The molecule has 0 aliphatic rings. The van der Waals surface area contributed by atoms with Crippen LogP contribution in [0.25, 0.3) is 43.6 Å². The van der Waals surface area contributed by atoms with E-state index < -0.39 is 162 Å². The van der Waals surface area contributed by atoms with Crippen LogP contribution in [0, 0.1) is 5.41 Å². The highest BCUT2D eigenvalue weighted by atomic mass is 28.3. The summed E-state index contributed by atoms with van der Waals surface area (Å²) in [5, 5.41) is 9.08. The van der Waals surface area contributed by atoms with E-state index >= 15 is 0 Å². The Morgan fingerprint density at radius 2 is 1.09 bits per heavy atom. The zero-order chi connectivity index (χ0) is 56.5. The number of fused-ring (bicyclic) bond motifs is 6. The second-order valence-electron chi connectivity index (χ2n) is 12.6. The molecule has 1 N–H and O–H groups in total. The molecule has 0 radical (unpaired) electrons. The van der Waals surface area contributed by atoms with Gasteiger partial charge in [0.05, 0.1) is 50.9 Å². The van der Waals surface area contributed by atoms with Crippen molar-refractivity contribution < 1.29 is 28.8 Å². The maximum Gasteiger partial charge on any atom is 0.238 e. The van der Waals surface area contributed by atoms with Crippen molar-refractivity contribution in [1.82, 2.24) is 9.13 Å². The second-order valence-corrected chi connectivity index (χ2v) is 16.3. The fraction of sp³-hybridized carbons (Fsp3) is 0. The standard InChI is InChI=1S/C51H37N5Si/c52-50(37-19-18-26-41(35-37)57(38-20-4-1-5-21-38,39-22-6-2-7-23-39)40-24-8-3-9-25-40)54-51(56-48-33-16-12-29-44(48)45-30-13-17-34-49(45)56)53-36-55-46-31-14-10-27-42(46)43-28-11-15-32-47(43)55/h1-36,52H/b52-50?,53-36+,54-51?/i1D,2D,4D,5D,6D,7D,10D,12D,14D,16D,18D,19D,20D,21D,22D,26D,27D,29D,31D,33D,35D. The molecule has 1 atom stereocenters. The van der Waals surface area contributed by atoms with Gasteiger partial charge in [0.1, 0.15) is 6.34 Å². The van der Waals surface area contributed by atoms with Crippen LogP contribution in [-0.2, 0) is 0 Å². The van der Waals surface area contributed by atoms with Gasteiger partial charge in [0.2, 0.25) is 5.96 Å². The molecule has 57 heavy (non-hydrogen) atoms. The number of hydrogen-bond donors (Lipinski definition) is 1. The van der Waals surface area contributed by atoms with Crippen LogP contribution in [0.5, 0.6) is 0 Å². The van der Waals surface area contributed by atoms with Gasteiger partial charge < -0.3 is 0 Å². The smallest absolute Gasteiger partial charge is 0.238 e. The Morgan fingerprint density at radius 1 is 0.491 bits per heavy atom. The minimum absolute atomic E-state index is 0.00153. The van der Waals surface area contributed by atoms with Crippen molar-refractivity contribution in [2.75, 3.05) is 0 Å². The molecule has 0 saturated heterocycles. The highest BCUT2D eigenvalue weighted by Gasteiger charge is 2.41. The van der Waals surface area contributed by atoms with Crippen LogP contribution in [0.15, 0.2) is 222 Å². The zero-order valence-electron chi connectivity index (χ0n) is 50.4. The van der Waals surface area contributed by atoms with Gasteiger partial charge in [-0.1, -0.05) is 188 Å². The SMILES string of the molecule is [2H]c1cc([Si](c2ccccc2)(c2c([2H])c([2H])c([2H])c([2H])c2[2H])c2c([2H])c([2H])c([2H])c(C(=N)N=C(/N=C/n3c4ccccc4c4c([2H])c([2H])c([2H])c([2H])c43)n3c4ccccc4c4c([2H])c([2H])c([2H])c([2H])c43)c2[2H])c([2H])c([2H])c1[2H]. The lowest BCUT2D eigenvalue weighted by molar-refractivity contribution is 1.21. The second kappa shape index (κ2) is 14.3. The quantitative estimate of drug-likeness (QED) is 0.0760. The predicted molar refractivity (Wildman–Crippen MR) is 242 cm³/mol. The number of para-hydroxylation sites is 4. The Kier molecular flexibility index (Phi) is 4.65. The van der Waals surface area contributed by atoms with Crippen molar-refractivity contribution in [3.05, 3.63) is 217 Å². The van der Waals surface area contributed by atoms with Gasteiger partial charge in [-0.2, -0.15) is 4.99 Å². The topological polar surface area (TPSA) is 58.4 Å². The van der Waals surface area contributed by atoms with Crippen LogP contribution in [-0.4, -0.2) is 35.3 Å². The molecular formula is C51H37N5Si. The molecule has 10 aromatic rings. The molecule has 5 nitrogen and oxygen atoms in total. The average Bonchev–Trinajstić information content (AvgIpc) is 3.79. The van der Waals surface area contributed by atoms with E-state index in [0.29, 0.717) is 10.9 Å². The van der Waals surface area contributed by atoms with Crippen molar-refractivity contribution in [3.63, 3.8) is 0 Å². The van der Waals surface area contributed by atoms with E-state index in [1.54, 1.807) is 48.5 Å². The molecule has 0 fully saturated rings. The fourth-order valence-corrected chi connectivity index (χ4v) is 11.2. The lowest BCUT2D eigenvalue weighted by Crippen LogP contribution is -2.74. The molecular weight excluding hydrogens is 711 g/mol. The van der Waals surface area contributed by atoms with E-state index in [9.17, 15) is 16.4 Å². The normalized spacial score (nSPS) is 18.3. The first-order valence-electron chi connectivity index (χ1n) is 27.9. The van der Waals surface area contributed by atoms with E-state index in [4.69, 9.17) is 22.8 Å². The summed E-state index contributed by atoms with van der Waals surface area (Å²) in [6.07, 6.45) is 1.12. The van der Waals surface area contributed by atoms with Crippen molar-refractivity contribution >= 4 is 90.6 Å². The van der Waals surface area contributed by atoms with Crippen molar-refractivity contribution in [2.24, 2.45) is 9.98 Å². The Labute approximate surface area is 361 Å². The number of amidine groups is 1. The number of aromatic nitrogens is 2. The minimum Gasteiger partial charge on any atom is -0.300 e. The third-order valence-electron chi connectivity index (χ3n) is 9.62. The van der Waals surface area contributed by atoms with Gasteiger partial charge in [0.25, 0.3) is 0 Å². The maximum atomic E-state index is 10.2. The lowest BCUT2D eigenvalue weighted by atomic mass is 10.2. The lowest BCUT2D eigenvalue weighted by Gasteiger charge is -2.34. The monoisotopic (exact) mass is 768 g/mol. The Balaban J connectivity index is 1.37. The Hall–Kier alpha value is -7.41. The highest BCUT2D eigenvalue weighted by molar-refractivity contribution is 7.19. The van der Waals surface area contributed by atoms with E-state index in [1.807, 2.05) is 0 Å². The summed E-state index contributed by atoms with van der Waals surface area (Å²) in [4.78, 5) is 9.35. The van der Waals surface area contributed by atoms with Crippen molar-refractivity contribution in [1.29, 1.82) is 5.41 Å². The van der Waals surface area contributed by atoms with E-state index in [2.05, 4.69) is 4.99 Å². The number of nitrogens with one attached hydrogen (secondary N) is 1. The zero-order valence-corrected chi connectivity index (χ0v) is 30.4. The van der Waals surface area contributed by atoms with Crippen LogP contribution in [0.3, 0.4) is 0 Å². The van der Waals surface area contributed by atoms with E-state index in [0.717, 1.165) is 12.4 Å². The molecule has 10 rings (SSSR count). The molecule has 0 aliphatic carbocycles. The highest BCUT2D eigenvalue weighted by Crippen LogP contribution is 2.30. The molecule has 0 aliphatic heterocycles.